The fraction of sp³-hybridized carbons (Fsp3) is 0.316. The van der Waals surface area contributed by atoms with E-state index in [9.17, 15) is 19.2 Å². The van der Waals surface area contributed by atoms with E-state index in [1.54, 1.807) is 49.8 Å². The number of ether oxygens (including phenoxy) is 1. The molecule has 1 aliphatic heterocycles. The van der Waals surface area contributed by atoms with Crippen molar-refractivity contribution in [3.8, 4) is 0 Å². The van der Waals surface area contributed by atoms with E-state index in [0.717, 1.165) is 10.6 Å². The van der Waals surface area contributed by atoms with Crippen LogP contribution in [0.3, 0.4) is 0 Å². The van der Waals surface area contributed by atoms with Gasteiger partial charge in [-0.2, -0.15) is 5.10 Å². The van der Waals surface area contributed by atoms with Gasteiger partial charge in [0.15, 0.2) is 6.61 Å². The lowest BCUT2D eigenvalue weighted by Gasteiger charge is -2.25. The second-order valence-electron chi connectivity index (χ2n) is 6.50. The van der Waals surface area contributed by atoms with Crippen molar-refractivity contribution < 1.29 is 23.9 Å². The summed E-state index contributed by atoms with van der Waals surface area (Å²) in [5.41, 5.74) is 2.98. The Bertz CT molecular complexity index is 979. The number of carbonyl (C=O) groups is 4. The third kappa shape index (κ3) is 3.78. The van der Waals surface area contributed by atoms with Gasteiger partial charge in [0, 0.05) is 12.6 Å². The predicted octanol–water partition coefficient (Wildman–Crippen LogP) is 0.744. The van der Waals surface area contributed by atoms with E-state index in [0.29, 0.717) is 22.5 Å². The van der Waals surface area contributed by atoms with Crippen molar-refractivity contribution in [2.45, 2.75) is 20.3 Å². The largest absolute Gasteiger partial charge is 0.454 e. The Balaban J connectivity index is 1.56. The van der Waals surface area contributed by atoms with Crippen molar-refractivity contribution in [3.63, 3.8) is 0 Å². The maximum atomic E-state index is 12.4. The molecule has 9 heteroatoms. The molecule has 0 fully saturated rings. The summed E-state index contributed by atoms with van der Waals surface area (Å²) < 4.78 is 6.55. The van der Waals surface area contributed by atoms with Crippen LogP contribution in [0.5, 0.6) is 0 Å². The Hall–Kier alpha value is -3.49. The highest BCUT2D eigenvalue weighted by Crippen LogP contribution is 2.20. The van der Waals surface area contributed by atoms with Gasteiger partial charge in [-0.15, -0.1) is 0 Å². The smallest absolute Gasteiger partial charge is 0.326 e. The summed E-state index contributed by atoms with van der Waals surface area (Å²) in [6, 6.07) is 6.74. The minimum Gasteiger partial charge on any atom is -0.454 e. The van der Waals surface area contributed by atoms with Crippen LogP contribution in [0.15, 0.2) is 24.3 Å². The van der Waals surface area contributed by atoms with Crippen LogP contribution in [0, 0.1) is 13.8 Å². The first-order chi connectivity index (χ1) is 13.3. The summed E-state index contributed by atoms with van der Waals surface area (Å²) in [5.74, 6) is -2.40. The second-order valence-corrected chi connectivity index (χ2v) is 6.50. The van der Waals surface area contributed by atoms with Crippen molar-refractivity contribution in [1.82, 2.24) is 14.7 Å². The van der Waals surface area contributed by atoms with E-state index in [1.807, 2.05) is 0 Å². The number of rotatable bonds is 5. The third-order valence-corrected chi connectivity index (χ3v) is 4.56. The molecule has 0 saturated carbocycles. The number of hydrogen-bond acceptors (Lipinski definition) is 6. The number of anilines is 1. The van der Waals surface area contributed by atoms with Gasteiger partial charge in [0.1, 0.15) is 6.54 Å². The fourth-order valence-corrected chi connectivity index (χ4v) is 3.01. The molecule has 2 aromatic rings. The van der Waals surface area contributed by atoms with E-state index >= 15 is 0 Å². The maximum Gasteiger partial charge on any atom is 0.326 e. The molecule has 28 heavy (non-hydrogen) atoms. The van der Waals surface area contributed by atoms with Crippen molar-refractivity contribution >= 4 is 29.4 Å². The van der Waals surface area contributed by atoms with Gasteiger partial charge in [-0.3, -0.25) is 28.8 Å². The highest BCUT2D eigenvalue weighted by atomic mass is 16.5. The molecule has 0 spiro atoms. The molecular weight excluding hydrogens is 364 g/mol. The minimum atomic E-state index is -0.837. The van der Waals surface area contributed by atoms with Crippen molar-refractivity contribution in [3.05, 3.63) is 46.8 Å². The first kappa shape index (κ1) is 19.3. The van der Waals surface area contributed by atoms with Gasteiger partial charge >= 0.3 is 5.97 Å². The zero-order valence-corrected chi connectivity index (χ0v) is 15.8. The number of aryl methyl sites for hydroxylation is 2. The SMILES string of the molecule is Cc1nn(C)c(C)c1NC(=O)COC(=O)CN1C(=O)Cc2ccccc2C1=O. The number of aromatic nitrogens is 2. The Morgan fingerprint density at radius 1 is 1.21 bits per heavy atom. The highest BCUT2D eigenvalue weighted by Gasteiger charge is 2.32. The standard InChI is InChI=1S/C19H20N4O5/c1-11-18(12(2)22(3)21-11)20-15(24)10-28-17(26)9-23-16(25)8-13-6-4-5-7-14(13)19(23)27/h4-7H,8-10H2,1-3H3,(H,20,24). The second kappa shape index (κ2) is 7.63. The number of nitrogens with one attached hydrogen (secondary N) is 1. The molecule has 0 aliphatic carbocycles. The number of amides is 3. The van der Waals surface area contributed by atoms with E-state index in [1.165, 1.54) is 0 Å². The minimum absolute atomic E-state index is 0.0369. The average Bonchev–Trinajstić information content (AvgIpc) is 2.89. The van der Waals surface area contributed by atoms with Crippen LogP contribution in [0.25, 0.3) is 0 Å². The maximum absolute atomic E-state index is 12.4. The molecule has 2 heterocycles. The number of benzene rings is 1. The molecule has 0 radical (unpaired) electrons. The summed E-state index contributed by atoms with van der Waals surface area (Å²) in [6.45, 7) is 2.48. The molecule has 0 saturated heterocycles. The first-order valence-corrected chi connectivity index (χ1v) is 8.66. The van der Waals surface area contributed by atoms with Crippen LogP contribution < -0.4 is 5.32 Å². The van der Waals surface area contributed by atoms with Gasteiger partial charge < -0.3 is 10.1 Å². The van der Waals surface area contributed by atoms with Crippen molar-refractivity contribution in [1.29, 1.82) is 0 Å². The molecule has 1 aliphatic rings. The van der Waals surface area contributed by atoms with Gasteiger partial charge in [0.05, 0.1) is 23.5 Å². The normalized spacial score (nSPS) is 13.3. The van der Waals surface area contributed by atoms with Crippen LogP contribution >= 0.6 is 0 Å². The number of imide groups is 1. The van der Waals surface area contributed by atoms with Crippen molar-refractivity contribution in [2.75, 3.05) is 18.5 Å². The summed E-state index contributed by atoms with van der Waals surface area (Å²) in [5, 5.41) is 6.83. The van der Waals surface area contributed by atoms with Crippen LogP contribution in [0.1, 0.15) is 27.3 Å². The van der Waals surface area contributed by atoms with Gasteiger partial charge in [-0.05, 0) is 25.5 Å². The van der Waals surface area contributed by atoms with Crippen LogP contribution in [0.4, 0.5) is 5.69 Å². The molecule has 3 amide bonds. The van der Waals surface area contributed by atoms with Gasteiger partial charge in [-0.25, -0.2) is 0 Å². The molecule has 1 aromatic carbocycles. The number of fused-ring (bicyclic) bond motifs is 1. The lowest BCUT2D eigenvalue weighted by Crippen LogP contribution is -2.45. The molecule has 9 nitrogen and oxygen atoms in total. The zero-order chi connectivity index (χ0) is 20.4. The Kier molecular flexibility index (Phi) is 5.25. The summed E-state index contributed by atoms with van der Waals surface area (Å²) in [7, 11) is 1.75. The summed E-state index contributed by atoms with van der Waals surface area (Å²) in [6.07, 6.45) is 0.0369. The average molecular weight is 384 g/mol. The fourth-order valence-electron chi connectivity index (χ4n) is 3.01. The Morgan fingerprint density at radius 2 is 1.93 bits per heavy atom. The topological polar surface area (TPSA) is 111 Å². The lowest BCUT2D eigenvalue weighted by atomic mass is 9.98. The predicted molar refractivity (Wildman–Crippen MR) is 98.5 cm³/mol. The van der Waals surface area contributed by atoms with E-state index < -0.39 is 36.8 Å². The Labute approximate surface area is 161 Å². The monoisotopic (exact) mass is 384 g/mol. The quantitative estimate of drug-likeness (QED) is 0.601. The third-order valence-electron chi connectivity index (χ3n) is 4.56. The molecule has 1 N–H and O–H groups in total. The van der Waals surface area contributed by atoms with E-state index in [2.05, 4.69) is 10.4 Å². The molecule has 3 rings (SSSR count). The van der Waals surface area contributed by atoms with Gasteiger partial charge in [-0.1, -0.05) is 18.2 Å². The summed E-state index contributed by atoms with van der Waals surface area (Å²) >= 11 is 0. The van der Waals surface area contributed by atoms with E-state index in [-0.39, 0.29) is 6.42 Å². The zero-order valence-electron chi connectivity index (χ0n) is 15.8. The number of hydrogen-bond donors (Lipinski definition) is 1. The van der Waals surface area contributed by atoms with Crippen LogP contribution in [0.2, 0.25) is 0 Å². The van der Waals surface area contributed by atoms with Gasteiger partial charge in [0.25, 0.3) is 11.8 Å². The molecule has 1 aromatic heterocycles. The van der Waals surface area contributed by atoms with Crippen molar-refractivity contribution in [2.24, 2.45) is 7.05 Å². The number of nitrogens with zero attached hydrogens (tertiary/aromatic N) is 3. The lowest BCUT2D eigenvalue weighted by molar-refractivity contribution is -0.150. The molecule has 146 valence electrons. The number of carbonyl (C=O) groups excluding carboxylic acids is 4. The Morgan fingerprint density at radius 3 is 2.61 bits per heavy atom. The van der Waals surface area contributed by atoms with Gasteiger partial charge in [0.2, 0.25) is 5.91 Å². The summed E-state index contributed by atoms with van der Waals surface area (Å²) in [4.78, 5) is 49.5. The van der Waals surface area contributed by atoms with Crippen LogP contribution in [-0.4, -0.2) is 51.5 Å². The van der Waals surface area contributed by atoms with Crippen LogP contribution in [-0.2, 0) is 32.6 Å². The molecular formula is C19H20N4O5. The molecule has 0 atom stereocenters. The molecule has 0 unspecified atom stereocenters. The number of esters is 1. The molecule has 0 bridgehead atoms. The first-order valence-electron chi connectivity index (χ1n) is 8.66. The van der Waals surface area contributed by atoms with E-state index in [4.69, 9.17) is 4.74 Å². The highest BCUT2D eigenvalue weighted by molar-refractivity contribution is 6.11.